The first-order chi connectivity index (χ1) is 21.8. The van der Waals surface area contributed by atoms with E-state index in [1.807, 2.05) is 49.4 Å². The Kier molecular flexibility index (Phi) is 13.1. The lowest BCUT2D eigenvalue weighted by atomic mass is 9.74. The molecule has 8 N–H and O–H groups in total. The number of aliphatic hydroxyl groups excluding tert-OH is 3. The summed E-state index contributed by atoms with van der Waals surface area (Å²) in [6, 6.07) is 16.7. The molecule has 0 radical (unpaired) electrons. The first kappa shape index (κ1) is 36.9. The van der Waals surface area contributed by atoms with E-state index in [-0.39, 0.29) is 25.9 Å². The number of carbonyl (C=O) groups is 3. The highest BCUT2D eigenvalue weighted by Gasteiger charge is 2.58. The van der Waals surface area contributed by atoms with E-state index >= 15 is 0 Å². The molecule has 1 fully saturated rings. The molecule has 3 amide bonds. The van der Waals surface area contributed by atoms with E-state index in [2.05, 4.69) is 5.32 Å². The highest BCUT2D eigenvalue weighted by atomic mass is 16.6. The van der Waals surface area contributed by atoms with Crippen molar-refractivity contribution in [1.29, 1.82) is 0 Å². The number of rotatable bonds is 15. The van der Waals surface area contributed by atoms with Gasteiger partial charge < -0.3 is 41.6 Å². The van der Waals surface area contributed by atoms with Gasteiger partial charge in [-0.1, -0.05) is 74.4 Å². The van der Waals surface area contributed by atoms with Crippen LogP contribution in [0.2, 0.25) is 0 Å². The lowest BCUT2D eigenvalue weighted by Gasteiger charge is -2.49. The Morgan fingerprint density at radius 1 is 1.02 bits per heavy atom. The number of hydrogen-bond acceptors (Lipinski definition) is 9. The molecule has 1 saturated heterocycles. The van der Waals surface area contributed by atoms with Crippen LogP contribution >= 0.6 is 0 Å². The fraction of sp³-hybridized carbons (Fsp3) is 0.559. The van der Waals surface area contributed by atoms with E-state index in [1.165, 1.54) is 0 Å². The Labute approximate surface area is 271 Å². The zero-order valence-electron chi connectivity index (χ0n) is 27.2. The molecule has 12 heteroatoms. The van der Waals surface area contributed by atoms with E-state index in [0.29, 0.717) is 18.4 Å². The molecular formula is C34H50N4O8. The number of unbranched alkanes of at least 4 members (excludes halogenated alkanes) is 2. The van der Waals surface area contributed by atoms with Crippen molar-refractivity contribution >= 4 is 17.9 Å². The quantitative estimate of drug-likeness (QED) is 0.158. The summed E-state index contributed by atoms with van der Waals surface area (Å²) in [5.41, 5.74) is 11.4. The van der Waals surface area contributed by atoms with Gasteiger partial charge in [-0.3, -0.25) is 14.5 Å². The Morgan fingerprint density at radius 2 is 1.67 bits per heavy atom. The summed E-state index contributed by atoms with van der Waals surface area (Å²) in [4.78, 5) is 42.2. The molecule has 254 valence electrons. The summed E-state index contributed by atoms with van der Waals surface area (Å²) in [5, 5.41) is 35.6. The zero-order chi connectivity index (χ0) is 34.1. The molecule has 1 heterocycles. The summed E-state index contributed by atoms with van der Waals surface area (Å²) in [6.07, 6.45) is -4.75. The monoisotopic (exact) mass is 642 g/mol. The molecule has 0 aromatic heterocycles. The van der Waals surface area contributed by atoms with Crippen molar-refractivity contribution in [2.75, 3.05) is 19.7 Å². The van der Waals surface area contributed by atoms with Crippen LogP contribution in [0, 0.1) is 5.92 Å². The van der Waals surface area contributed by atoms with Crippen LogP contribution in [0.1, 0.15) is 58.9 Å². The third-order valence-electron chi connectivity index (χ3n) is 8.29. The van der Waals surface area contributed by atoms with Crippen LogP contribution in [-0.4, -0.2) is 93.5 Å². The minimum atomic E-state index is -2.08. The van der Waals surface area contributed by atoms with Gasteiger partial charge >= 0.3 is 6.09 Å². The van der Waals surface area contributed by atoms with Gasteiger partial charge in [-0.2, -0.15) is 0 Å². The maximum atomic E-state index is 14.3. The molecule has 2 aromatic carbocycles. The number of hydrogen-bond donors (Lipinski definition) is 6. The van der Waals surface area contributed by atoms with Gasteiger partial charge in [0.1, 0.15) is 29.5 Å². The highest BCUT2D eigenvalue weighted by Crippen LogP contribution is 2.39. The van der Waals surface area contributed by atoms with Crippen LogP contribution < -0.4 is 16.8 Å². The van der Waals surface area contributed by atoms with E-state index in [0.717, 1.165) is 22.4 Å². The van der Waals surface area contributed by atoms with Crippen molar-refractivity contribution in [2.24, 2.45) is 17.4 Å². The topological polar surface area (TPSA) is 198 Å². The predicted molar refractivity (Wildman–Crippen MR) is 173 cm³/mol. The maximum absolute atomic E-state index is 14.3. The summed E-state index contributed by atoms with van der Waals surface area (Å²) in [6.45, 7) is 5.86. The molecular weight excluding hydrogens is 592 g/mol. The van der Waals surface area contributed by atoms with Gasteiger partial charge in [0, 0.05) is 31.8 Å². The molecule has 0 aliphatic carbocycles. The van der Waals surface area contributed by atoms with Gasteiger partial charge in [0.05, 0.1) is 6.61 Å². The van der Waals surface area contributed by atoms with Gasteiger partial charge in [0.25, 0.3) is 0 Å². The van der Waals surface area contributed by atoms with Crippen molar-refractivity contribution in [1.82, 2.24) is 10.2 Å². The van der Waals surface area contributed by atoms with Gasteiger partial charge in [-0.25, -0.2) is 4.79 Å². The number of nitrogens with zero attached hydrogens (tertiary/aromatic N) is 1. The second-order valence-corrected chi connectivity index (χ2v) is 12.8. The minimum absolute atomic E-state index is 0.0309. The SMILES string of the molecule is CCCCCC(=O)N(C1O[C@@H](CN)[C@@H](O)[C@H]1O)[C@@](Cc1ccccc1-c1ccccc1)(C(N)=O)C(CO)CNC(=O)OC(C)(C)C. The summed E-state index contributed by atoms with van der Waals surface area (Å²) in [7, 11) is 0. The Morgan fingerprint density at radius 3 is 2.24 bits per heavy atom. The molecule has 46 heavy (non-hydrogen) atoms. The third kappa shape index (κ3) is 8.62. The van der Waals surface area contributed by atoms with Gasteiger partial charge in [0.15, 0.2) is 6.23 Å². The molecule has 0 saturated carbocycles. The van der Waals surface area contributed by atoms with Crippen LogP contribution in [0.3, 0.4) is 0 Å². The number of nitrogens with two attached hydrogens (primary N) is 2. The van der Waals surface area contributed by atoms with E-state index in [9.17, 15) is 29.7 Å². The number of carbonyl (C=O) groups excluding carboxylic acids is 3. The normalized spacial score (nSPS) is 21.7. The van der Waals surface area contributed by atoms with Crippen LogP contribution in [0.15, 0.2) is 54.6 Å². The zero-order valence-corrected chi connectivity index (χ0v) is 27.2. The van der Waals surface area contributed by atoms with Crippen molar-refractivity contribution in [3.8, 4) is 11.1 Å². The minimum Gasteiger partial charge on any atom is -0.444 e. The number of alkyl carbamates (subject to hydrolysis) is 1. The fourth-order valence-corrected chi connectivity index (χ4v) is 5.98. The number of amides is 3. The molecule has 1 aliphatic rings. The number of ether oxygens (including phenoxy) is 2. The van der Waals surface area contributed by atoms with Crippen LogP contribution in [-0.2, 0) is 25.5 Å². The average Bonchev–Trinajstić information content (AvgIpc) is 3.29. The lowest BCUT2D eigenvalue weighted by Crippen LogP contribution is -2.71. The Hall–Kier alpha value is -3.55. The lowest BCUT2D eigenvalue weighted by molar-refractivity contribution is -0.182. The van der Waals surface area contributed by atoms with E-state index < -0.39 is 66.1 Å². The molecule has 2 aromatic rings. The largest absolute Gasteiger partial charge is 0.444 e. The first-order valence-corrected chi connectivity index (χ1v) is 15.8. The van der Waals surface area contributed by atoms with Crippen LogP contribution in [0.25, 0.3) is 11.1 Å². The fourth-order valence-electron chi connectivity index (χ4n) is 5.98. The van der Waals surface area contributed by atoms with E-state index in [1.54, 1.807) is 32.9 Å². The van der Waals surface area contributed by atoms with Crippen molar-refractivity contribution in [3.05, 3.63) is 60.2 Å². The van der Waals surface area contributed by atoms with Crippen molar-refractivity contribution < 1.29 is 39.2 Å². The standard InChI is InChI=1S/C34H50N4O8/c1-5-6-8-17-27(40)38(30-29(42)28(41)26(19-35)45-30)34(31(36)43,24(21-39)20-37-32(44)46-33(2,3)4)18-23-15-11-12-16-25(23)22-13-9-7-10-14-22/h7,9-16,24,26,28-30,39,41-42H,5-6,8,17-21,35H2,1-4H3,(H2,36,43)(H,37,44)/t24?,26-,28+,29+,30?,34+/m0/s1. The summed E-state index contributed by atoms with van der Waals surface area (Å²) < 4.78 is 11.4. The Bertz CT molecular complexity index is 1300. The smallest absolute Gasteiger partial charge is 0.407 e. The maximum Gasteiger partial charge on any atom is 0.407 e. The van der Waals surface area contributed by atoms with Crippen LogP contribution in [0.5, 0.6) is 0 Å². The molecule has 0 spiro atoms. The van der Waals surface area contributed by atoms with Gasteiger partial charge in [-0.05, 0) is 43.9 Å². The van der Waals surface area contributed by atoms with Crippen molar-refractivity contribution in [3.63, 3.8) is 0 Å². The molecule has 3 rings (SSSR count). The number of aliphatic hydroxyl groups is 3. The first-order valence-electron chi connectivity index (χ1n) is 15.8. The summed E-state index contributed by atoms with van der Waals surface area (Å²) in [5.74, 6) is -2.78. The highest BCUT2D eigenvalue weighted by molar-refractivity contribution is 5.92. The van der Waals surface area contributed by atoms with Gasteiger partial charge in [0.2, 0.25) is 11.8 Å². The average molecular weight is 643 g/mol. The molecule has 1 aliphatic heterocycles. The van der Waals surface area contributed by atoms with E-state index in [4.69, 9.17) is 20.9 Å². The third-order valence-corrected chi connectivity index (χ3v) is 8.29. The van der Waals surface area contributed by atoms with Crippen molar-refractivity contribution in [2.45, 2.75) is 95.5 Å². The molecule has 2 unspecified atom stereocenters. The second kappa shape index (κ2) is 16.3. The molecule has 12 nitrogen and oxygen atoms in total. The molecule has 6 atom stereocenters. The predicted octanol–water partition coefficient (Wildman–Crippen LogP) is 2.07. The number of primary amides is 1. The van der Waals surface area contributed by atoms with Gasteiger partial charge in [-0.15, -0.1) is 0 Å². The summed E-state index contributed by atoms with van der Waals surface area (Å²) >= 11 is 0. The number of benzene rings is 2. The molecule has 0 bridgehead atoms. The van der Waals surface area contributed by atoms with Crippen LogP contribution in [0.4, 0.5) is 4.79 Å². The second-order valence-electron chi connectivity index (χ2n) is 12.8. The number of nitrogens with one attached hydrogen (secondary N) is 1. The Balaban J connectivity index is 2.26.